The highest BCUT2D eigenvalue weighted by atomic mass is 16.7. The molecule has 1 unspecified atom stereocenters. The maximum absolute atomic E-state index is 5.48. The van der Waals surface area contributed by atoms with Crippen molar-refractivity contribution < 1.29 is 14.0 Å². The molecule has 0 saturated carbocycles. The number of rotatable bonds is 5. The summed E-state index contributed by atoms with van der Waals surface area (Å²) in [6.07, 6.45) is 2.68. The zero-order valence-electron chi connectivity index (χ0n) is 9.08. The van der Waals surface area contributed by atoms with Gasteiger partial charge in [-0.25, -0.2) is 0 Å². The Labute approximate surface area is 81.2 Å². The molecule has 0 aliphatic carbocycles. The largest absolute Gasteiger partial charge is 0.356 e. The number of quaternary nitrogens is 1. The van der Waals surface area contributed by atoms with E-state index in [4.69, 9.17) is 9.47 Å². The molecule has 1 heterocycles. The minimum Gasteiger partial charge on any atom is -0.356 e. The predicted octanol–water partition coefficient (Wildman–Crippen LogP) is 1.24. The Bertz CT molecular complexity index is 144. The van der Waals surface area contributed by atoms with E-state index >= 15 is 0 Å². The number of methoxy groups -OCH3 is 1. The molecule has 1 aliphatic rings. The molecule has 0 spiro atoms. The van der Waals surface area contributed by atoms with Gasteiger partial charge in [0, 0.05) is 20.0 Å². The summed E-state index contributed by atoms with van der Waals surface area (Å²) in [4.78, 5) is 0. The van der Waals surface area contributed by atoms with Crippen molar-refractivity contribution in [2.75, 3.05) is 40.4 Å². The molecule has 0 N–H and O–H groups in total. The maximum atomic E-state index is 5.48. The molecule has 1 atom stereocenters. The number of hydrogen-bond acceptors (Lipinski definition) is 2. The summed E-state index contributed by atoms with van der Waals surface area (Å²) < 4.78 is 11.7. The molecule has 0 aromatic carbocycles. The van der Waals surface area contributed by atoms with E-state index in [0.29, 0.717) is 0 Å². The highest BCUT2D eigenvalue weighted by molar-refractivity contribution is 4.51. The standard InChI is InChI=1S/C10H22NO2/c1-10(12-3)13-9-8-11(2)6-4-5-7-11/h10H,4-9H2,1-3H3/q+1. The van der Waals surface area contributed by atoms with Crippen molar-refractivity contribution in [2.45, 2.75) is 26.1 Å². The van der Waals surface area contributed by atoms with Gasteiger partial charge in [-0.3, -0.25) is 0 Å². The second-order valence-electron chi connectivity index (χ2n) is 4.17. The average molecular weight is 188 g/mol. The molecule has 1 fully saturated rings. The summed E-state index contributed by atoms with van der Waals surface area (Å²) in [7, 11) is 3.99. The Morgan fingerprint density at radius 3 is 2.46 bits per heavy atom. The molecule has 13 heavy (non-hydrogen) atoms. The minimum absolute atomic E-state index is 0.0609. The first kappa shape index (κ1) is 11.0. The monoisotopic (exact) mass is 188 g/mol. The summed E-state index contributed by atoms with van der Waals surface area (Å²) in [5, 5.41) is 0. The van der Waals surface area contributed by atoms with E-state index in [1.807, 2.05) is 6.92 Å². The van der Waals surface area contributed by atoms with Crippen LogP contribution in [0, 0.1) is 0 Å². The summed E-state index contributed by atoms with van der Waals surface area (Å²) >= 11 is 0. The highest BCUT2D eigenvalue weighted by Crippen LogP contribution is 2.15. The second-order valence-corrected chi connectivity index (χ2v) is 4.17. The van der Waals surface area contributed by atoms with Crippen molar-refractivity contribution in [1.82, 2.24) is 0 Å². The van der Waals surface area contributed by atoms with Crippen LogP contribution in [-0.2, 0) is 9.47 Å². The third-order valence-electron chi connectivity index (χ3n) is 2.96. The van der Waals surface area contributed by atoms with E-state index in [9.17, 15) is 0 Å². The van der Waals surface area contributed by atoms with Gasteiger partial charge in [0.1, 0.15) is 6.54 Å². The lowest BCUT2D eigenvalue weighted by Gasteiger charge is -2.29. The molecule has 3 nitrogen and oxygen atoms in total. The Morgan fingerprint density at radius 2 is 1.92 bits per heavy atom. The van der Waals surface area contributed by atoms with E-state index in [0.717, 1.165) is 13.2 Å². The van der Waals surface area contributed by atoms with Gasteiger partial charge in [0.15, 0.2) is 6.29 Å². The van der Waals surface area contributed by atoms with Crippen molar-refractivity contribution in [3.8, 4) is 0 Å². The third-order valence-corrected chi connectivity index (χ3v) is 2.96. The molecule has 0 amide bonds. The predicted molar refractivity (Wildman–Crippen MR) is 52.4 cm³/mol. The molecule has 0 radical (unpaired) electrons. The van der Waals surface area contributed by atoms with Crippen LogP contribution in [0.5, 0.6) is 0 Å². The fraction of sp³-hybridized carbons (Fsp3) is 1.00. The van der Waals surface area contributed by atoms with Gasteiger partial charge >= 0.3 is 0 Å². The lowest BCUT2D eigenvalue weighted by Crippen LogP contribution is -2.43. The lowest BCUT2D eigenvalue weighted by molar-refractivity contribution is -0.898. The zero-order chi connectivity index (χ0) is 9.73. The normalized spacial score (nSPS) is 23.3. The van der Waals surface area contributed by atoms with Crippen molar-refractivity contribution in [1.29, 1.82) is 0 Å². The molecule has 1 aliphatic heterocycles. The van der Waals surface area contributed by atoms with Gasteiger partial charge in [-0.2, -0.15) is 0 Å². The van der Waals surface area contributed by atoms with Crippen LogP contribution in [0.1, 0.15) is 19.8 Å². The van der Waals surface area contributed by atoms with Crippen molar-refractivity contribution >= 4 is 0 Å². The fourth-order valence-corrected chi connectivity index (χ4v) is 1.83. The Kier molecular flexibility index (Phi) is 4.16. The third kappa shape index (κ3) is 3.63. The van der Waals surface area contributed by atoms with Crippen LogP contribution in [-0.4, -0.2) is 51.2 Å². The van der Waals surface area contributed by atoms with Gasteiger partial charge < -0.3 is 14.0 Å². The van der Waals surface area contributed by atoms with Gasteiger partial charge in [-0.15, -0.1) is 0 Å². The molecule has 1 saturated heterocycles. The van der Waals surface area contributed by atoms with E-state index in [1.54, 1.807) is 7.11 Å². The summed E-state index contributed by atoms with van der Waals surface area (Å²) in [5.74, 6) is 0. The molecular weight excluding hydrogens is 166 g/mol. The van der Waals surface area contributed by atoms with E-state index in [-0.39, 0.29) is 6.29 Å². The summed E-state index contributed by atoms with van der Waals surface area (Å²) in [6, 6.07) is 0. The van der Waals surface area contributed by atoms with E-state index in [2.05, 4.69) is 7.05 Å². The van der Waals surface area contributed by atoms with E-state index in [1.165, 1.54) is 30.4 Å². The zero-order valence-corrected chi connectivity index (χ0v) is 9.08. The topological polar surface area (TPSA) is 18.5 Å². The smallest absolute Gasteiger partial charge is 0.154 e. The van der Waals surface area contributed by atoms with Gasteiger partial charge in [0.25, 0.3) is 0 Å². The Balaban J connectivity index is 2.11. The van der Waals surface area contributed by atoms with Gasteiger partial charge in [0.05, 0.1) is 26.7 Å². The first-order valence-corrected chi connectivity index (χ1v) is 5.14. The number of nitrogens with zero attached hydrogens (tertiary/aromatic N) is 1. The summed E-state index contributed by atoms with van der Waals surface area (Å²) in [5.41, 5.74) is 0. The first-order valence-electron chi connectivity index (χ1n) is 5.14. The Morgan fingerprint density at radius 1 is 1.31 bits per heavy atom. The van der Waals surface area contributed by atoms with Gasteiger partial charge in [-0.1, -0.05) is 0 Å². The van der Waals surface area contributed by atoms with Crippen LogP contribution >= 0.6 is 0 Å². The molecule has 0 aromatic rings. The molecule has 3 heteroatoms. The fourth-order valence-electron chi connectivity index (χ4n) is 1.83. The Hall–Kier alpha value is -0.120. The molecule has 0 bridgehead atoms. The van der Waals surface area contributed by atoms with Crippen LogP contribution in [0.3, 0.4) is 0 Å². The molecule has 1 rings (SSSR count). The molecular formula is C10H22NO2+. The average Bonchev–Trinajstić information content (AvgIpc) is 2.52. The van der Waals surface area contributed by atoms with Gasteiger partial charge in [0.2, 0.25) is 0 Å². The molecule has 78 valence electrons. The van der Waals surface area contributed by atoms with Crippen molar-refractivity contribution in [3.63, 3.8) is 0 Å². The number of likely N-dealkylation sites (N-methyl/N-ethyl adjacent to an activating group) is 1. The van der Waals surface area contributed by atoms with Crippen molar-refractivity contribution in [3.05, 3.63) is 0 Å². The van der Waals surface area contributed by atoms with Crippen LogP contribution in [0.25, 0.3) is 0 Å². The highest BCUT2D eigenvalue weighted by Gasteiger charge is 2.26. The minimum atomic E-state index is -0.0609. The van der Waals surface area contributed by atoms with E-state index < -0.39 is 0 Å². The SMILES string of the molecule is COC(C)OCC[N+]1(C)CCCC1. The number of ether oxygens (including phenoxy) is 2. The van der Waals surface area contributed by atoms with Crippen LogP contribution in [0.2, 0.25) is 0 Å². The van der Waals surface area contributed by atoms with Crippen LogP contribution in [0.15, 0.2) is 0 Å². The molecule has 0 aromatic heterocycles. The van der Waals surface area contributed by atoms with Crippen LogP contribution in [0.4, 0.5) is 0 Å². The van der Waals surface area contributed by atoms with Gasteiger partial charge in [-0.05, 0) is 6.92 Å². The number of likely N-dealkylation sites (tertiary alicyclic amines) is 1. The van der Waals surface area contributed by atoms with Crippen molar-refractivity contribution in [2.24, 2.45) is 0 Å². The first-order chi connectivity index (χ1) is 6.16. The lowest BCUT2D eigenvalue weighted by atomic mass is 10.4. The maximum Gasteiger partial charge on any atom is 0.154 e. The quantitative estimate of drug-likeness (QED) is 0.477. The second kappa shape index (κ2) is 4.94. The number of hydrogen-bond donors (Lipinski definition) is 0. The summed E-state index contributed by atoms with van der Waals surface area (Å²) in [6.45, 7) is 6.48. The van der Waals surface area contributed by atoms with Crippen LogP contribution < -0.4 is 0 Å².